The van der Waals surface area contributed by atoms with Crippen molar-refractivity contribution in [1.82, 2.24) is 14.1 Å². The normalized spacial score (nSPS) is 11.2. The summed E-state index contributed by atoms with van der Waals surface area (Å²) in [6.07, 6.45) is 1.59. The summed E-state index contributed by atoms with van der Waals surface area (Å²) in [6, 6.07) is 5.14. The Kier molecular flexibility index (Phi) is 3.57. The molecule has 1 N–H and O–H groups in total. The minimum atomic E-state index is -3.73. The van der Waals surface area contributed by atoms with Crippen molar-refractivity contribution in [2.45, 2.75) is 11.9 Å². The van der Waals surface area contributed by atoms with Gasteiger partial charge in [0, 0.05) is 6.20 Å². The van der Waals surface area contributed by atoms with Gasteiger partial charge in [-0.15, -0.1) is 5.92 Å². The van der Waals surface area contributed by atoms with Gasteiger partial charge in [0.1, 0.15) is 5.65 Å². The van der Waals surface area contributed by atoms with E-state index in [1.165, 1.54) is 4.40 Å². The molecule has 0 bridgehead atoms. The average molecular weight is 284 g/mol. The predicted octanol–water partition coefficient (Wildman–Crippen LogP) is 1.29. The van der Waals surface area contributed by atoms with Gasteiger partial charge in [-0.05, 0) is 19.1 Å². The lowest BCUT2D eigenvalue weighted by molar-refractivity contribution is 0.581. The zero-order valence-corrected chi connectivity index (χ0v) is 11.1. The van der Waals surface area contributed by atoms with E-state index in [0.717, 1.165) is 0 Å². The maximum absolute atomic E-state index is 12.1. The van der Waals surface area contributed by atoms with Crippen molar-refractivity contribution >= 4 is 27.3 Å². The maximum Gasteiger partial charge on any atom is 0.260 e. The molecule has 0 aliphatic heterocycles. The Labute approximate surface area is 110 Å². The summed E-state index contributed by atoms with van der Waals surface area (Å²) >= 11 is 5.88. The molecule has 0 aliphatic carbocycles. The molecule has 0 saturated heterocycles. The van der Waals surface area contributed by atoms with Crippen molar-refractivity contribution in [2.24, 2.45) is 0 Å². The van der Waals surface area contributed by atoms with Crippen LogP contribution in [-0.4, -0.2) is 24.3 Å². The van der Waals surface area contributed by atoms with Crippen LogP contribution in [0.2, 0.25) is 5.15 Å². The van der Waals surface area contributed by atoms with Gasteiger partial charge in [0.2, 0.25) is 0 Å². The molecule has 0 atom stereocenters. The third-order valence-electron chi connectivity index (χ3n) is 2.23. The summed E-state index contributed by atoms with van der Waals surface area (Å²) in [4.78, 5) is 3.98. The Bertz CT molecular complexity index is 740. The van der Waals surface area contributed by atoms with Crippen LogP contribution in [0.1, 0.15) is 6.92 Å². The molecule has 0 unspecified atom stereocenters. The molecular formula is C11H10ClN3O2S. The molecule has 5 nitrogen and oxygen atoms in total. The Morgan fingerprint density at radius 3 is 3.00 bits per heavy atom. The first-order valence-corrected chi connectivity index (χ1v) is 6.94. The summed E-state index contributed by atoms with van der Waals surface area (Å²) in [6.45, 7) is 1.67. The van der Waals surface area contributed by atoms with Crippen LogP contribution in [0.4, 0.5) is 0 Å². The van der Waals surface area contributed by atoms with E-state index in [0.29, 0.717) is 5.65 Å². The Morgan fingerprint density at radius 2 is 2.28 bits per heavy atom. The SMILES string of the molecule is CC#CCNS(=O)(=O)c1c(Cl)nc2ccccn12. The molecule has 94 valence electrons. The van der Waals surface area contributed by atoms with Gasteiger partial charge in [-0.2, -0.15) is 4.72 Å². The van der Waals surface area contributed by atoms with Crippen molar-refractivity contribution in [3.63, 3.8) is 0 Å². The van der Waals surface area contributed by atoms with Gasteiger partial charge in [-0.3, -0.25) is 4.40 Å². The lowest BCUT2D eigenvalue weighted by Crippen LogP contribution is -2.25. The fourth-order valence-corrected chi connectivity index (χ4v) is 3.03. The molecule has 0 aromatic carbocycles. The van der Waals surface area contributed by atoms with Gasteiger partial charge in [0.25, 0.3) is 10.0 Å². The number of nitrogens with one attached hydrogen (secondary N) is 1. The van der Waals surface area contributed by atoms with E-state index in [2.05, 4.69) is 21.5 Å². The highest BCUT2D eigenvalue weighted by Gasteiger charge is 2.23. The van der Waals surface area contributed by atoms with Crippen LogP contribution >= 0.6 is 11.6 Å². The number of hydrogen-bond donors (Lipinski definition) is 1. The minimum Gasteiger partial charge on any atom is -0.288 e. The van der Waals surface area contributed by atoms with Gasteiger partial charge in [0.05, 0.1) is 6.54 Å². The number of halogens is 1. The molecule has 2 aromatic rings. The first kappa shape index (κ1) is 12.9. The topological polar surface area (TPSA) is 63.5 Å². The smallest absolute Gasteiger partial charge is 0.260 e. The Morgan fingerprint density at radius 1 is 1.50 bits per heavy atom. The molecule has 18 heavy (non-hydrogen) atoms. The van der Waals surface area contributed by atoms with E-state index in [-0.39, 0.29) is 16.7 Å². The number of hydrogen-bond acceptors (Lipinski definition) is 3. The van der Waals surface area contributed by atoms with Gasteiger partial charge in [-0.1, -0.05) is 23.6 Å². The molecule has 0 saturated carbocycles. The number of fused-ring (bicyclic) bond motifs is 1. The number of aromatic nitrogens is 2. The third kappa shape index (κ3) is 2.34. The number of sulfonamides is 1. The summed E-state index contributed by atoms with van der Waals surface area (Å²) in [7, 11) is -3.73. The van der Waals surface area contributed by atoms with Gasteiger partial charge >= 0.3 is 0 Å². The van der Waals surface area contributed by atoms with Crippen molar-refractivity contribution in [2.75, 3.05) is 6.54 Å². The van der Waals surface area contributed by atoms with Crippen LogP contribution in [-0.2, 0) is 10.0 Å². The fourth-order valence-electron chi connectivity index (χ4n) is 1.47. The predicted molar refractivity (Wildman–Crippen MR) is 68.8 cm³/mol. The Hall–Kier alpha value is -1.55. The first-order chi connectivity index (χ1) is 8.56. The number of nitrogens with zero attached hydrogens (tertiary/aromatic N) is 2. The second-order valence-corrected chi connectivity index (χ2v) is 5.43. The van der Waals surface area contributed by atoms with E-state index in [4.69, 9.17) is 11.6 Å². The molecular weight excluding hydrogens is 274 g/mol. The number of imidazole rings is 1. The van der Waals surface area contributed by atoms with E-state index in [1.54, 1.807) is 31.3 Å². The Balaban J connectivity index is 2.52. The molecule has 7 heteroatoms. The zero-order chi connectivity index (χ0) is 13.2. The van der Waals surface area contributed by atoms with Gasteiger partial charge in [-0.25, -0.2) is 13.4 Å². The molecule has 0 aliphatic rings. The molecule has 0 radical (unpaired) electrons. The van der Waals surface area contributed by atoms with Gasteiger partial charge in [0.15, 0.2) is 10.2 Å². The standard InChI is InChI=1S/C11H10ClN3O2S/c1-2-3-7-13-18(16,17)11-10(12)14-9-6-4-5-8-15(9)11/h4-6,8,13H,7H2,1H3. The highest BCUT2D eigenvalue weighted by molar-refractivity contribution is 7.89. The van der Waals surface area contributed by atoms with Crippen LogP contribution < -0.4 is 4.72 Å². The quantitative estimate of drug-likeness (QED) is 0.864. The molecule has 0 amide bonds. The zero-order valence-electron chi connectivity index (χ0n) is 9.51. The monoisotopic (exact) mass is 283 g/mol. The number of pyridine rings is 1. The molecule has 0 spiro atoms. The summed E-state index contributed by atoms with van der Waals surface area (Å²) in [5, 5.41) is -0.129. The van der Waals surface area contributed by atoms with E-state index < -0.39 is 10.0 Å². The molecule has 0 fully saturated rings. The fraction of sp³-hybridized carbons (Fsp3) is 0.182. The maximum atomic E-state index is 12.1. The lowest BCUT2D eigenvalue weighted by atomic mass is 10.5. The molecule has 2 aromatic heterocycles. The number of rotatable bonds is 3. The van der Waals surface area contributed by atoms with Crippen LogP contribution in [0, 0.1) is 11.8 Å². The largest absolute Gasteiger partial charge is 0.288 e. The van der Waals surface area contributed by atoms with E-state index in [9.17, 15) is 8.42 Å². The minimum absolute atomic E-state index is 0.0369. The van der Waals surface area contributed by atoms with Crippen molar-refractivity contribution in [1.29, 1.82) is 0 Å². The molecule has 2 heterocycles. The van der Waals surface area contributed by atoms with Crippen LogP contribution in [0.5, 0.6) is 0 Å². The molecule has 2 rings (SSSR count). The lowest BCUT2D eigenvalue weighted by Gasteiger charge is -2.03. The second kappa shape index (κ2) is 4.98. The van der Waals surface area contributed by atoms with Crippen LogP contribution in [0.3, 0.4) is 0 Å². The van der Waals surface area contributed by atoms with E-state index in [1.807, 2.05) is 0 Å². The highest BCUT2D eigenvalue weighted by Crippen LogP contribution is 2.21. The van der Waals surface area contributed by atoms with Crippen molar-refractivity contribution in [3.8, 4) is 11.8 Å². The summed E-state index contributed by atoms with van der Waals surface area (Å²) in [5.41, 5.74) is 0.476. The highest BCUT2D eigenvalue weighted by atomic mass is 35.5. The van der Waals surface area contributed by atoms with Crippen LogP contribution in [0.15, 0.2) is 29.4 Å². The van der Waals surface area contributed by atoms with Gasteiger partial charge < -0.3 is 0 Å². The summed E-state index contributed by atoms with van der Waals surface area (Å²) in [5.74, 6) is 5.23. The van der Waals surface area contributed by atoms with Crippen LogP contribution in [0.25, 0.3) is 5.65 Å². The third-order valence-corrected chi connectivity index (χ3v) is 4.03. The van der Waals surface area contributed by atoms with Crippen molar-refractivity contribution in [3.05, 3.63) is 29.5 Å². The second-order valence-electron chi connectivity index (χ2n) is 3.39. The summed E-state index contributed by atoms with van der Waals surface area (Å²) < 4.78 is 27.9. The average Bonchev–Trinajstić information content (AvgIpc) is 2.65. The van der Waals surface area contributed by atoms with E-state index >= 15 is 0 Å². The first-order valence-electron chi connectivity index (χ1n) is 5.08. The van der Waals surface area contributed by atoms with Crippen molar-refractivity contribution < 1.29 is 8.42 Å².